The Labute approximate surface area is 170 Å². The summed E-state index contributed by atoms with van der Waals surface area (Å²) >= 11 is 0. The second-order valence-corrected chi connectivity index (χ2v) is 7.51. The average molecular weight is 377 g/mol. The summed E-state index contributed by atoms with van der Waals surface area (Å²) in [4.78, 5) is 4.65. The molecule has 0 bridgehead atoms. The third kappa shape index (κ3) is 3.31. The van der Waals surface area contributed by atoms with Crippen LogP contribution in [-0.2, 0) is 6.42 Å². The number of benzene rings is 3. The van der Waals surface area contributed by atoms with Crippen molar-refractivity contribution in [3.63, 3.8) is 0 Å². The van der Waals surface area contributed by atoms with E-state index in [4.69, 9.17) is 4.42 Å². The number of aromatic nitrogens is 1. The minimum Gasteiger partial charge on any atom is -0.455 e. The lowest BCUT2D eigenvalue weighted by Crippen LogP contribution is -1.86. The molecule has 142 valence electrons. The molecule has 0 unspecified atom stereocenters. The molecule has 0 saturated heterocycles. The quantitative estimate of drug-likeness (QED) is 0.314. The van der Waals surface area contributed by atoms with Crippen LogP contribution in [0.4, 0.5) is 0 Å². The molecule has 2 aromatic heterocycles. The smallest absolute Gasteiger partial charge is 0.144 e. The highest BCUT2D eigenvalue weighted by atomic mass is 16.3. The minimum absolute atomic E-state index is 0.910. The van der Waals surface area contributed by atoms with E-state index in [-0.39, 0.29) is 0 Å². The molecule has 0 aliphatic carbocycles. The van der Waals surface area contributed by atoms with Gasteiger partial charge in [-0.25, -0.2) is 0 Å². The molecule has 0 aliphatic heterocycles. The molecule has 3 aromatic carbocycles. The largest absolute Gasteiger partial charge is 0.455 e. The van der Waals surface area contributed by atoms with Gasteiger partial charge in [0, 0.05) is 22.5 Å². The third-order valence-electron chi connectivity index (χ3n) is 5.53. The molecule has 2 nitrogen and oxygen atoms in total. The number of aryl methyl sites for hydroxylation is 1. The summed E-state index contributed by atoms with van der Waals surface area (Å²) in [6, 6.07) is 27.6. The Morgan fingerprint density at radius 2 is 1.69 bits per heavy atom. The monoisotopic (exact) mass is 377 g/mol. The standard InChI is InChI=1S/C27H23NO/c1-2-3-8-19-13-14-22-23-11-7-12-24(27(23)29-26(22)17-19)25-18-21(15-16-28-25)20-9-5-4-6-10-20/h4-7,9-18H,2-3,8H2,1H3. The summed E-state index contributed by atoms with van der Waals surface area (Å²) in [5.41, 5.74) is 7.52. The number of hydrogen-bond donors (Lipinski definition) is 0. The maximum Gasteiger partial charge on any atom is 0.144 e. The van der Waals surface area contributed by atoms with E-state index in [0.717, 1.165) is 39.8 Å². The first-order chi connectivity index (χ1) is 14.3. The summed E-state index contributed by atoms with van der Waals surface area (Å²) in [7, 11) is 0. The number of para-hydroxylation sites is 1. The molecule has 0 saturated carbocycles. The van der Waals surface area contributed by atoms with Crippen molar-refractivity contribution < 1.29 is 4.42 Å². The van der Waals surface area contributed by atoms with Crippen LogP contribution in [0.2, 0.25) is 0 Å². The normalized spacial score (nSPS) is 11.3. The Morgan fingerprint density at radius 3 is 2.55 bits per heavy atom. The van der Waals surface area contributed by atoms with Crippen LogP contribution in [0.25, 0.3) is 44.3 Å². The first-order valence-corrected chi connectivity index (χ1v) is 10.3. The molecule has 0 atom stereocenters. The Kier molecular flexibility index (Phi) is 4.61. The number of nitrogens with zero attached hydrogens (tertiary/aromatic N) is 1. The Bertz CT molecular complexity index is 1280. The fourth-order valence-corrected chi connectivity index (χ4v) is 3.97. The zero-order valence-electron chi connectivity index (χ0n) is 16.6. The van der Waals surface area contributed by atoms with Gasteiger partial charge in [-0.3, -0.25) is 4.98 Å². The van der Waals surface area contributed by atoms with E-state index in [0.29, 0.717) is 0 Å². The number of pyridine rings is 1. The van der Waals surface area contributed by atoms with Crippen molar-refractivity contribution in [1.29, 1.82) is 0 Å². The predicted octanol–water partition coefficient (Wildman–Crippen LogP) is 7.66. The minimum atomic E-state index is 0.910. The van der Waals surface area contributed by atoms with Crippen molar-refractivity contribution >= 4 is 21.9 Å². The Balaban J connectivity index is 1.64. The van der Waals surface area contributed by atoms with Gasteiger partial charge in [0.2, 0.25) is 0 Å². The van der Waals surface area contributed by atoms with Crippen molar-refractivity contribution in [1.82, 2.24) is 4.98 Å². The SMILES string of the molecule is CCCCc1ccc2c(c1)oc1c(-c3cc(-c4ccccc4)ccn3)cccc12. The van der Waals surface area contributed by atoms with E-state index in [1.165, 1.54) is 29.4 Å². The number of unbranched alkanes of at least 4 members (excludes halogenated alkanes) is 1. The van der Waals surface area contributed by atoms with E-state index in [2.05, 4.69) is 84.7 Å². The Hall–Kier alpha value is -3.39. The van der Waals surface area contributed by atoms with Crippen LogP contribution in [0.15, 0.2) is 89.5 Å². The lowest BCUT2D eigenvalue weighted by molar-refractivity contribution is 0.668. The molecule has 0 fully saturated rings. The molecule has 5 rings (SSSR count). The van der Waals surface area contributed by atoms with E-state index in [1.54, 1.807) is 0 Å². The van der Waals surface area contributed by atoms with Crippen LogP contribution in [0, 0.1) is 0 Å². The van der Waals surface area contributed by atoms with E-state index in [9.17, 15) is 0 Å². The third-order valence-corrected chi connectivity index (χ3v) is 5.53. The molecule has 0 radical (unpaired) electrons. The molecule has 0 aliphatic rings. The fourth-order valence-electron chi connectivity index (χ4n) is 3.97. The van der Waals surface area contributed by atoms with Crippen LogP contribution in [0.3, 0.4) is 0 Å². The number of furan rings is 1. The zero-order valence-corrected chi connectivity index (χ0v) is 16.6. The average Bonchev–Trinajstić information content (AvgIpc) is 3.16. The molecule has 2 heterocycles. The predicted molar refractivity (Wildman–Crippen MR) is 121 cm³/mol. The maximum absolute atomic E-state index is 6.36. The summed E-state index contributed by atoms with van der Waals surface area (Å²) in [5, 5.41) is 2.31. The topological polar surface area (TPSA) is 26.0 Å². The van der Waals surface area contributed by atoms with Crippen LogP contribution in [0.5, 0.6) is 0 Å². The fraction of sp³-hybridized carbons (Fsp3) is 0.148. The highest BCUT2D eigenvalue weighted by Crippen LogP contribution is 2.36. The van der Waals surface area contributed by atoms with E-state index in [1.807, 2.05) is 12.3 Å². The second-order valence-electron chi connectivity index (χ2n) is 7.51. The summed E-state index contributed by atoms with van der Waals surface area (Å²) in [5.74, 6) is 0. The van der Waals surface area contributed by atoms with Gasteiger partial charge in [-0.1, -0.05) is 67.9 Å². The van der Waals surface area contributed by atoms with Gasteiger partial charge in [-0.05, 0) is 53.8 Å². The van der Waals surface area contributed by atoms with E-state index >= 15 is 0 Å². The first kappa shape index (κ1) is 17.7. The molecule has 0 N–H and O–H groups in total. The summed E-state index contributed by atoms with van der Waals surface area (Å²) in [6.45, 7) is 2.22. The second kappa shape index (κ2) is 7.56. The van der Waals surface area contributed by atoms with Crippen LogP contribution in [-0.4, -0.2) is 4.98 Å². The van der Waals surface area contributed by atoms with Crippen LogP contribution in [0.1, 0.15) is 25.3 Å². The van der Waals surface area contributed by atoms with E-state index < -0.39 is 0 Å². The molecule has 29 heavy (non-hydrogen) atoms. The van der Waals surface area contributed by atoms with Gasteiger partial charge in [0.1, 0.15) is 11.2 Å². The van der Waals surface area contributed by atoms with Crippen molar-refractivity contribution in [2.75, 3.05) is 0 Å². The molecular formula is C27H23NO. The Morgan fingerprint density at radius 1 is 0.793 bits per heavy atom. The number of rotatable bonds is 5. The lowest BCUT2D eigenvalue weighted by Gasteiger charge is -2.06. The van der Waals surface area contributed by atoms with Gasteiger partial charge in [-0.2, -0.15) is 0 Å². The molecule has 0 amide bonds. The highest BCUT2D eigenvalue weighted by molar-refractivity contribution is 6.09. The van der Waals surface area contributed by atoms with Gasteiger partial charge in [0.15, 0.2) is 0 Å². The van der Waals surface area contributed by atoms with Gasteiger partial charge in [-0.15, -0.1) is 0 Å². The lowest BCUT2D eigenvalue weighted by atomic mass is 10.0. The van der Waals surface area contributed by atoms with Gasteiger partial charge in [0.05, 0.1) is 5.69 Å². The van der Waals surface area contributed by atoms with Crippen molar-refractivity contribution in [2.45, 2.75) is 26.2 Å². The van der Waals surface area contributed by atoms with Gasteiger partial charge >= 0.3 is 0 Å². The van der Waals surface area contributed by atoms with Crippen molar-refractivity contribution in [3.05, 3.63) is 90.6 Å². The van der Waals surface area contributed by atoms with Gasteiger partial charge in [0.25, 0.3) is 0 Å². The number of hydrogen-bond acceptors (Lipinski definition) is 2. The maximum atomic E-state index is 6.36. The molecule has 2 heteroatoms. The summed E-state index contributed by atoms with van der Waals surface area (Å²) in [6.07, 6.45) is 5.37. The van der Waals surface area contributed by atoms with Crippen molar-refractivity contribution in [2.24, 2.45) is 0 Å². The zero-order chi connectivity index (χ0) is 19.6. The first-order valence-electron chi connectivity index (χ1n) is 10.3. The van der Waals surface area contributed by atoms with Gasteiger partial charge < -0.3 is 4.42 Å². The van der Waals surface area contributed by atoms with Crippen LogP contribution >= 0.6 is 0 Å². The molecular weight excluding hydrogens is 354 g/mol. The summed E-state index contributed by atoms with van der Waals surface area (Å²) < 4.78 is 6.36. The van der Waals surface area contributed by atoms with Crippen LogP contribution < -0.4 is 0 Å². The highest BCUT2D eigenvalue weighted by Gasteiger charge is 2.14. The van der Waals surface area contributed by atoms with Crippen molar-refractivity contribution in [3.8, 4) is 22.4 Å². The number of fused-ring (bicyclic) bond motifs is 3. The molecule has 0 spiro atoms. The molecule has 5 aromatic rings.